The fraction of sp³-hybridized carbons (Fsp3) is 0.714. The van der Waals surface area contributed by atoms with Crippen molar-refractivity contribution in [3.8, 4) is 0 Å². The largest absolute Gasteiger partial charge is 0.353 e. The third-order valence-corrected chi connectivity index (χ3v) is 2.99. The summed E-state index contributed by atoms with van der Waals surface area (Å²) in [5.74, 6) is -1.33. The number of hydrogen-bond acceptors (Lipinski definition) is 5. The third kappa shape index (κ3) is 8.35. The van der Waals surface area contributed by atoms with Crippen molar-refractivity contribution in [3.05, 3.63) is 0 Å². The fourth-order valence-corrected chi connectivity index (χ4v) is 1.70. The standard InChI is InChI=1S/C14H26N4O4/c1-10(19)8-12(14(22)15-6-7-17(3)4)18(5)13(21)9-16-11(2)20/h12H,6-9H2,1-5H3,(H,15,22)(H,16,20). The molecule has 0 spiro atoms. The van der Waals surface area contributed by atoms with E-state index in [4.69, 9.17) is 0 Å². The molecule has 2 N–H and O–H groups in total. The zero-order valence-corrected chi connectivity index (χ0v) is 13.9. The number of Topliss-reactive ketones (excluding diaryl/α,β-unsaturated/α-hetero) is 1. The fourth-order valence-electron chi connectivity index (χ4n) is 1.70. The number of ketones is 1. The molecule has 126 valence electrons. The molecule has 1 unspecified atom stereocenters. The predicted molar refractivity (Wildman–Crippen MR) is 82.1 cm³/mol. The second kappa shape index (κ2) is 9.88. The van der Waals surface area contributed by atoms with E-state index in [0.717, 1.165) is 0 Å². The quantitative estimate of drug-likeness (QED) is 0.546. The van der Waals surface area contributed by atoms with Gasteiger partial charge in [-0.2, -0.15) is 0 Å². The van der Waals surface area contributed by atoms with Gasteiger partial charge < -0.3 is 20.4 Å². The van der Waals surface area contributed by atoms with Crippen molar-refractivity contribution in [2.75, 3.05) is 40.8 Å². The number of rotatable bonds is 9. The first kappa shape index (κ1) is 20.0. The Morgan fingerprint density at radius 3 is 2.05 bits per heavy atom. The number of carbonyl (C=O) groups is 4. The highest BCUT2D eigenvalue weighted by molar-refractivity contribution is 5.93. The topological polar surface area (TPSA) is 98.8 Å². The van der Waals surface area contributed by atoms with Crippen LogP contribution < -0.4 is 10.6 Å². The smallest absolute Gasteiger partial charge is 0.243 e. The summed E-state index contributed by atoms with van der Waals surface area (Å²) >= 11 is 0. The monoisotopic (exact) mass is 314 g/mol. The van der Waals surface area contributed by atoms with Crippen LogP contribution in [-0.2, 0) is 19.2 Å². The highest BCUT2D eigenvalue weighted by Gasteiger charge is 2.27. The van der Waals surface area contributed by atoms with E-state index in [0.29, 0.717) is 13.1 Å². The maximum atomic E-state index is 12.2. The Labute approximate surface area is 131 Å². The Bertz CT molecular complexity index is 423. The molecule has 0 heterocycles. The summed E-state index contributed by atoms with van der Waals surface area (Å²) in [7, 11) is 5.20. The molecule has 0 rings (SSSR count). The van der Waals surface area contributed by atoms with Crippen LogP contribution in [-0.4, -0.2) is 80.1 Å². The molecule has 0 bridgehead atoms. The first-order valence-electron chi connectivity index (χ1n) is 7.07. The summed E-state index contributed by atoms with van der Waals surface area (Å²) in [6, 6.07) is -0.874. The Morgan fingerprint density at radius 1 is 1.00 bits per heavy atom. The zero-order valence-electron chi connectivity index (χ0n) is 13.9. The Kier molecular flexibility index (Phi) is 9.00. The minimum atomic E-state index is -0.874. The van der Waals surface area contributed by atoms with Gasteiger partial charge in [-0.1, -0.05) is 0 Å². The molecular weight excluding hydrogens is 288 g/mol. The molecule has 0 fully saturated rings. The second-order valence-corrected chi connectivity index (χ2v) is 5.43. The lowest BCUT2D eigenvalue weighted by Gasteiger charge is -2.27. The molecule has 0 aromatic rings. The van der Waals surface area contributed by atoms with E-state index in [1.54, 1.807) is 0 Å². The minimum absolute atomic E-state index is 0.0594. The van der Waals surface area contributed by atoms with Gasteiger partial charge >= 0.3 is 0 Å². The van der Waals surface area contributed by atoms with Gasteiger partial charge in [0.2, 0.25) is 17.7 Å². The molecule has 0 aliphatic heterocycles. The summed E-state index contributed by atoms with van der Waals surface area (Å²) in [6.45, 7) is 3.54. The molecule has 0 aromatic heterocycles. The van der Waals surface area contributed by atoms with Crippen LogP contribution in [0.4, 0.5) is 0 Å². The van der Waals surface area contributed by atoms with Crippen molar-refractivity contribution in [1.82, 2.24) is 20.4 Å². The lowest BCUT2D eigenvalue weighted by molar-refractivity contribution is -0.140. The van der Waals surface area contributed by atoms with E-state index in [1.165, 1.54) is 25.8 Å². The molecular formula is C14H26N4O4. The number of carbonyl (C=O) groups excluding carboxylic acids is 4. The molecule has 0 saturated heterocycles. The molecule has 3 amide bonds. The van der Waals surface area contributed by atoms with Gasteiger partial charge in [-0.25, -0.2) is 0 Å². The maximum absolute atomic E-state index is 12.2. The first-order chi connectivity index (χ1) is 10.1. The highest BCUT2D eigenvalue weighted by Crippen LogP contribution is 2.04. The number of hydrogen-bond donors (Lipinski definition) is 2. The Hall–Kier alpha value is -1.96. The summed E-state index contributed by atoms with van der Waals surface area (Å²) in [6.07, 6.45) is -0.0594. The average molecular weight is 314 g/mol. The Morgan fingerprint density at radius 2 is 1.59 bits per heavy atom. The molecule has 0 radical (unpaired) electrons. The van der Waals surface area contributed by atoms with Gasteiger partial charge in [0.15, 0.2) is 0 Å². The summed E-state index contributed by atoms with van der Waals surface area (Å²) in [5, 5.41) is 5.08. The van der Waals surface area contributed by atoms with E-state index < -0.39 is 11.9 Å². The highest BCUT2D eigenvalue weighted by atomic mass is 16.2. The van der Waals surface area contributed by atoms with Crippen LogP contribution in [0.25, 0.3) is 0 Å². The van der Waals surface area contributed by atoms with Crippen molar-refractivity contribution in [2.45, 2.75) is 26.3 Å². The Balaban J connectivity index is 4.72. The molecule has 8 nitrogen and oxygen atoms in total. The molecule has 0 aromatic carbocycles. The van der Waals surface area contributed by atoms with Crippen molar-refractivity contribution in [1.29, 1.82) is 0 Å². The molecule has 8 heteroatoms. The molecule has 22 heavy (non-hydrogen) atoms. The van der Waals surface area contributed by atoms with Crippen molar-refractivity contribution in [2.24, 2.45) is 0 Å². The number of amides is 3. The third-order valence-electron chi connectivity index (χ3n) is 2.99. The van der Waals surface area contributed by atoms with Gasteiger partial charge in [0, 0.05) is 33.5 Å². The van der Waals surface area contributed by atoms with Gasteiger partial charge in [-0.05, 0) is 21.0 Å². The summed E-state index contributed by atoms with van der Waals surface area (Å²) in [5.41, 5.74) is 0. The van der Waals surface area contributed by atoms with Crippen LogP contribution in [0.2, 0.25) is 0 Å². The maximum Gasteiger partial charge on any atom is 0.243 e. The van der Waals surface area contributed by atoms with E-state index >= 15 is 0 Å². The van der Waals surface area contributed by atoms with Crippen LogP contribution in [0.15, 0.2) is 0 Å². The van der Waals surface area contributed by atoms with E-state index in [9.17, 15) is 19.2 Å². The molecule has 0 aliphatic carbocycles. The minimum Gasteiger partial charge on any atom is -0.353 e. The molecule has 0 aliphatic rings. The van der Waals surface area contributed by atoms with Gasteiger partial charge in [-0.15, -0.1) is 0 Å². The SMILES string of the molecule is CC(=O)CC(C(=O)NCCN(C)C)N(C)C(=O)CNC(C)=O. The van der Waals surface area contributed by atoms with Crippen molar-refractivity contribution < 1.29 is 19.2 Å². The predicted octanol–water partition coefficient (Wildman–Crippen LogP) is -1.39. The number of nitrogens with zero attached hydrogens (tertiary/aromatic N) is 2. The molecule has 0 saturated carbocycles. The van der Waals surface area contributed by atoms with Gasteiger partial charge in [0.1, 0.15) is 11.8 Å². The van der Waals surface area contributed by atoms with Crippen molar-refractivity contribution >= 4 is 23.5 Å². The van der Waals surface area contributed by atoms with Gasteiger partial charge in [-0.3, -0.25) is 19.2 Å². The van der Waals surface area contributed by atoms with Gasteiger partial charge in [0.25, 0.3) is 0 Å². The van der Waals surface area contributed by atoms with Crippen LogP contribution in [0.1, 0.15) is 20.3 Å². The second-order valence-electron chi connectivity index (χ2n) is 5.43. The lowest BCUT2D eigenvalue weighted by Crippen LogP contribution is -2.51. The normalized spacial score (nSPS) is 11.7. The van der Waals surface area contributed by atoms with Crippen molar-refractivity contribution in [3.63, 3.8) is 0 Å². The van der Waals surface area contributed by atoms with E-state index in [1.807, 2.05) is 19.0 Å². The summed E-state index contributed by atoms with van der Waals surface area (Å²) < 4.78 is 0. The average Bonchev–Trinajstić information content (AvgIpc) is 2.40. The number of likely N-dealkylation sites (N-methyl/N-ethyl adjacent to an activating group) is 2. The lowest BCUT2D eigenvalue weighted by atomic mass is 10.1. The number of nitrogens with one attached hydrogen (secondary N) is 2. The van der Waals surface area contributed by atoms with Crippen LogP contribution in [0.5, 0.6) is 0 Å². The van der Waals surface area contributed by atoms with Crippen LogP contribution in [0, 0.1) is 0 Å². The van der Waals surface area contributed by atoms with Gasteiger partial charge in [0.05, 0.1) is 6.54 Å². The summed E-state index contributed by atoms with van der Waals surface area (Å²) in [4.78, 5) is 49.4. The van der Waals surface area contributed by atoms with E-state index in [2.05, 4.69) is 10.6 Å². The molecule has 1 atom stereocenters. The van der Waals surface area contributed by atoms with E-state index in [-0.39, 0.29) is 30.6 Å². The van der Waals surface area contributed by atoms with Crippen LogP contribution >= 0.6 is 0 Å². The zero-order chi connectivity index (χ0) is 17.3. The van der Waals surface area contributed by atoms with Crippen LogP contribution in [0.3, 0.4) is 0 Å². The first-order valence-corrected chi connectivity index (χ1v) is 7.07.